The maximum Gasteiger partial charge on any atom is 0.191 e. The van der Waals surface area contributed by atoms with Crippen LogP contribution in [0.25, 0.3) is 0 Å². The van der Waals surface area contributed by atoms with E-state index in [-0.39, 0.29) is 0 Å². The minimum atomic E-state index is 0.330. The summed E-state index contributed by atoms with van der Waals surface area (Å²) in [5.41, 5.74) is 1.25. The summed E-state index contributed by atoms with van der Waals surface area (Å²) >= 11 is 0. The predicted octanol–water partition coefficient (Wildman–Crippen LogP) is 2.50. The summed E-state index contributed by atoms with van der Waals surface area (Å²) in [5, 5.41) is 6.64. The summed E-state index contributed by atoms with van der Waals surface area (Å²) < 4.78 is 11.3. The second kappa shape index (κ2) is 10.1. The quantitative estimate of drug-likeness (QED) is 0.439. The fourth-order valence-electron chi connectivity index (χ4n) is 2.49. The summed E-state index contributed by atoms with van der Waals surface area (Å²) in [6, 6.07) is 8.18. The monoisotopic (exact) mass is 319 g/mol. The second-order valence-corrected chi connectivity index (χ2v) is 5.88. The number of unbranched alkanes of at least 4 members (excludes halogenated alkanes) is 1. The molecular formula is C18H29N3O2. The summed E-state index contributed by atoms with van der Waals surface area (Å²) in [6.45, 7) is 5.43. The van der Waals surface area contributed by atoms with E-state index in [2.05, 4.69) is 34.7 Å². The van der Waals surface area contributed by atoms with E-state index in [0.29, 0.717) is 6.10 Å². The van der Waals surface area contributed by atoms with Crippen LogP contribution >= 0.6 is 0 Å². The maximum absolute atomic E-state index is 5.72. The van der Waals surface area contributed by atoms with E-state index in [0.717, 1.165) is 57.3 Å². The first-order chi connectivity index (χ1) is 11.3. The van der Waals surface area contributed by atoms with Gasteiger partial charge in [0.15, 0.2) is 5.96 Å². The molecule has 1 atom stereocenters. The first kappa shape index (κ1) is 17.6. The minimum absolute atomic E-state index is 0.330. The van der Waals surface area contributed by atoms with E-state index < -0.39 is 0 Å². The number of rotatable bonds is 8. The van der Waals surface area contributed by atoms with Gasteiger partial charge in [-0.3, -0.25) is 4.99 Å². The van der Waals surface area contributed by atoms with Crippen molar-refractivity contribution in [1.82, 2.24) is 10.6 Å². The molecule has 5 nitrogen and oxygen atoms in total. The smallest absolute Gasteiger partial charge is 0.191 e. The molecule has 0 aliphatic carbocycles. The van der Waals surface area contributed by atoms with Crippen LogP contribution < -0.4 is 15.4 Å². The number of nitrogens with one attached hydrogen (secondary N) is 2. The molecule has 0 aromatic heterocycles. The number of ether oxygens (including phenoxy) is 2. The van der Waals surface area contributed by atoms with Crippen LogP contribution in [0.3, 0.4) is 0 Å². The Morgan fingerprint density at radius 1 is 1.26 bits per heavy atom. The Morgan fingerprint density at radius 2 is 2.09 bits per heavy atom. The van der Waals surface area contributed by atoms with Crippen molar-refractivity contribution in [2.75, 3.05) is 33.4 Å². The molecule has 1 heterocycles. The van der Waals surface area contributed by atoms with Crippen LogP contribution in [0.5, 0.6) is 5.75 Å². The standard InChI is InChI=1S/C18H29N3O2/c1-15-7-9-16(10-8-15)22-12-4-3-11-20-18(19-2)21-14-17-6-5-13-23-17/h7-10,17H,3-6,11-14H2,1-2H3,(H2,19,20,21). The zero-order valence-corrected chi connectivity index (χ0v) is 14.3. The average molecular weight is 319 g/mol. The van der Waals surface area contributed by atoms with Gasteiger partial charge >= 0.3 is 0 Å². The van der Waals surface area contributed by atoms with Crippen LogP contribution in [0, 0.1) is 6.92 Å². The Bertz CT molecular complexity index is 468. The fraction of sp³-hybridized carbons (Fsp3) is 0.611. The van der Waals surface area contributed by atoms with Crippen molar-refractivity contribution in [3.8, 4) is 5.75 Å². The number of benzene rings is 1. The van der Waals surface area contributed by atoms with Gasteiger partial charge in [-0.1, -0.05) is 17.7 Å². The van der Waals surface area contributed by atoms with E-state index in [1.807, 2.05) is 12.1 Å². The lowest BCUT2D eigenvalue weighted by atomic mass is 10.2. The molecule has 1 aliphatic rings. The van der Waals surface area contributed by atoms with Gasteiger partial charge in [-0.05, 0) is 44.7 Å². The Kier molecular flexibility index (Phi) is 7.73. The van der Waals surface area contributed by atoms with Gasteiger partial charge in [0.2, 0.25) is 0 Å². The van der Waals surface area contributed by atoms with Crippen LogP contribution in [0.2, 0.25) is 0 Å². The molecule has 5 heteroatoms. The zero-order chi connectivity index (χ0) is 16.3. The van der Waals surface area contributed by atoms with Crippen molar-refractivity contribution in [2.24, 2.45) is 4.99 Å². The number of aryl methyl sites for hydroxylation is 1. The van der Waals surface area contributed by atoms with Crippen LogP contribution in [0.15, 0.2) is 29.3 Å². The third-order valence-corrected chi connectivity index (χ3v) is 3.90. The molecular weight excluding hydrogens is 290 g/mol. The molecule has 1 fully saturated rings. The first-order valence-corrected chi connectivity index (χ1v) is 8.53. The lowest BCUT2D eigenvalue weighted by Crippen LogP contribution is -2.41. The summed E-state index contributed by atoms with van der Waals surface area (Å²) in [7, 11) is 1.80. The Labute approximate surface area is 139 Å². The molecule has 1 unspecified atom stereocenters. The topological polar surface area (TPSA) is 54.9 Å². The Balaban J connectivity index is 1.50. The Hall–Kier alpha value is -1.75. The fourth-order valence-corrected chi connectivity index (χ4v) is 2.49. The van der Waals surface area contributed by atoms with Gasteiger partial charge in [0.1, 0.15) is 5.75 Å². The largest absolute Gasteiger partial charge is 0.494 e. The summed E-state index contributed by atoms with van der Waals surface area (Å²) in [5.74, 6) is 1.79. The molecule has 23 heavy (non-hydrogen) atoms. The molecule has 0 saturated carbocycles. The normalized spacial score (nSPS) is 18.0. The van der Waals surface area contributed by atoms with E-state index in [4.69, 9.17) is 9.47 Å². The van der Waals surface area contributed by atoms with Crippen molar-refractivity contribution < 1.29 is 9.47 Å². The number of nitrogens with zero attached hydrogens (tertiary/aromatic N) is 1. The van der Waals surface area contributed by atoms with Gasteiger partial charge in [-0.25, -0.2) is 0 Å². The van der Waals surface area contributed by atoms with Gasteiger partial charge in [-0.2, -0.15) is 0 Å². The number of guanidine groups is 1. The molecule has 1 aliphatic heterocycles. The van der Waals surface area contributed by atoms with Crippen LogP contribution in [0.1, 0.15) is 31.2 Å². The number of hydrogen-bond donors (Lipinski definition) is 2. The molecule has 128 valence electrons. The average Bonchev–Trinajstić information content (AvgIpc) is 3.08. The second-order valence-electron chi connectivity index (χ2n) is 5.88. The SMILES string of the molecule is CN=C(NCCCCOc1ccc(C)cc1)NCC1CCCO1. The molecule has 1 aromatic rings. The molecule has 0 radical (unpaired) electrons. The molecule has 1 aromatic carbocycles. The summed E-state index contributed by atoms with van der Waals surface area (Å²) in [6.07, 6.45) is 4.70. The first-order valence-electron chi connectivity index (χ1n) is 8.53. The third kappa shape index (κ3) is 6.91. The van der Waals surface area contributed by atoms with Crippen molar-refractivity contribution in [3.05, 3.63) is 29.8 Å². The molecule has 2 N–H and O–H groups in total. The van der Waals surface area contributed by atoms with Crippen molar-refractivity contribution in [2.45, 2.75) is 38.7 Å². The van der Waals surface area contributed by atoms with Crippen LogP contribution in [0.4, 0.5) is 0 Å². The van der Waals surface area contributed by atoms with E-state index >= 15 is 0 Å². The van der Waals surface area contributed by atoms with E-state index in [9.17, 15) is 0 Å². The van der Waals surface area contributed by atoms with Gasteiger partial charge in [0.25, 0.3) is 0 Å². The lowest BCUT2D eigenvalue weighted by Gasteiger charge is -2.15. The number of aliphatic imine (C=N–C) groups is 1. The van der Waals surface area contributed by atoms with Crippen molar-refractivity contribution >= 4 is 5.96 Å². The maximum atomic E-state index is 5.72. The van der Waals surface area contributed by atoms with E-state index in [1.54, 1.807) is 7.05 Å². The minimum Gasteiger partial charge on any atom is -0.494 e. The highest BCUT2D eigenvalue weighted by Gasteiger charge is 2.15. The lowest BCUT2D eigenvalue weighted by molar-refractivity contribution is 0.114. The Morgan fingerprint density at radius 3 is 2.78 bits per heavy atom. The van der Waals surface area contributed by atoms with Gasteiger partial charge in [0.05, 0.1) is 12.7 Å². The molecule has 0 amide bonds. The number of hydrogen-bond acceptors (Lipinski definition) is 3. The summed E-state index contributed by atoms with van der Waals surface area (Å²) in [4.78, 5) is 4.23. The third-order valence-electron chi connectivity index (χ3n) is 3.90. The predicted molar refractivity (Wildman–Crippen MR) is 94.2 cm³/mol. The molecule has 1 saturated heterocycles. The van der Waals surface area contributed by atoms with Crippen LogP contribution in [-0.4, -0.2) is 45.4 Å². The molecule has 0 spiro atoms. The van der Waals surface area contributed by atoms with Crippen molar-refractivity contribution in [3.63, 3.8) is 0 Å². The van der Waals surface area contributed by atoms with Gasteiger partial charge < -0.3 is 20.1 Å². The van der Waals surface area contributed by atoms with Crippen molar-refractivity contribution in [1.29, 1.82) is 0 Å². The zero-order valence-electron chi connectivity index (χ0n) is 14.3. The highest BCUT2D eigenvalue weighted by Crippen LogP contribution is 2.12. The van der Waals surface area contributed by atoms with Gasteiger partial charge in [-0.15, -0.1) is 0 Å². The van der Waals surface area contributed by atoms with E-state index in [1.165, 1.54) is 12.0 Å². The highest BCUT2D eigenvalue weighted by atomic mass is 16.5. The molecule has 0 bridgehead atoms. The highest BCUT2D eigenvalue weighted by molar-refractivity contribution is 5.79. The van der Waals surface area contributed by atoms with Gasteiger partial charge in [0, 0.05) is 26.7 Å². The molecule has 2 rings (SSSR count). The van der Waals surface area contributed by atoms with Crippen LogP contribution in [-0.2, 0) is 4.74 Å².